The number of hydrogen-bond donors (Lipinski definition) is 1. The Bertz CT molecular complexity index is 245. The van der Waals surface area contributed by atoms with Gasteiger partial charge >= 0.3 is 6.09 Å². The molecular weight excluding hydrogens is 206 g/mol. The lowest BCUT2D eigenvalue weighted by atomic mass is 10.1. The molecule has 94 valence electrons. The Hall–Kier alpha value is -0.770. The first-order valence-corrected chi connectivity index (χ1v) is 5.97. The number of hydrogen-bond acceptors (Lipinski definition) is 3. The summed E-state index contributed by atoms with van der Waals surface area (Å²) in [5.74, 6) is 0. The van der Waals surface area contributed by atoms with Gasteiger partial charge in [-0.2, -0.15) is 0 Å². The number of aliphatic hydroxyl groups excluding tert-OH is 1. The van der Waals surface area contributed by atoms with E-state index < -0.39 is 5.60 Å². The summed E-state index contributed by atoms with van der Waals surface area (Å²) in [4.78, 5) is 13.6. The Labute approximate surface area is 97.6 Å². The van der Waals surface area contributed by atoms with Crippen molar-refractivity contribution in [2.75, 3.05) is 6.54 Å². The highest BCUT2D eigenvalue weighted by Gasteiger charge is 2.32. The molecule has 1 fully saturated rings. The molecule has 0 aromatic carbocycles. The molecular formula is C12H23NO3. The van der Waals surface area contributed by atoms with Crippen LogP contribution in [0.1, 0.15) is 47.0 Å². The molecule has 0 radical (unpaired) electrons. The molecule has 0 aromatic rings. The molecule has 0 aromatic heterocycles. The van der Waals surface area contributed by atoms with Gasteiger partial charge in [0.05, 0.1) is 6.10 Å². The van der Waals surface area contributed by atoms with E-state index >= 15 is 0 Å². The van der Waals surface area contributed by atoms with Crippen LogP contribution in [0.5, 0.6) is 0 Å². The molecule has 16 heavy (non-hydrogen) atoms. The van der Waals surface area contributed by atoms with Gasteiger partial charge in [0, 0.05) is 12.6 Å². The first-order valence-electron chi connectivity index (χ1n) is 5.97. The topological polar surface area (TPSA) is 49.8 Å². The van der Waals surface area contributed by atoms with Gasteiger partial charge in [-0.1, -0.05) is 0 Å². The first-order chi connectivity index (χ1) is 7.29. The van der Waals surface area contributed by atoms with Crippen molar-refractivity contribution in [2.24, 2.45) is 0 Å². The highest BCUT2D eigenvalue weighted by atomic mass is 16.6. The zero-order chi connectivity index (χ0) is 12.3. The second-order valence-corrected chi connectivity index (χ2v) is 5.55. The third kappa shape index (κ3) is 4.00. The van der Waals surface area contributed by atoms with Crippen LogP contribution in [0.2, 0.25) is 0 Å². The van der Waals surface area contributed by atoms with E-state index in [9.17, 15) is 9.90 Å². The van der Waals surface area contributed by atoms with Crippen LogP contribution in [0.3, 0.4) is 0 Å². The Kier molecular flexibility index (Phi) is 4.19. The summed E-state index contributed by atoms with van der Waals surface area (Å²) >= 11 is 0. The van der Waals surface area contributed by atoms with Gasteiger partial charge in [0.2, 0.25) is 0 Å². The minimum atomic E-state index is -0.449. The van der Waals surface area contributed by atoms with Crippen LogP contribution in [0.25, 0.3) is 0 Å². The second-order valence-electron chi connectivity index (χ2n) is 5.55. The summed E-state index contributed by atoms with van der Waals surface area (Å²) in [5.41, 5.74) is -0.449. The standard InChI is InChI=1S/C12H23NO3/c1-9(14)8-10-6-5-7-13(10)11(15)16-12(2,3)4/h9-10,14H,5-8H2,1-4H3/t9-,10?/m1/s1. The predicted molar refractivity (Wildman–Crippen MR) is 62.3 cm³/mol. The van der Waals surface area contributed by atoms with Gasteiger partial charge in [0.1, 0.15) is 5.60 Å². The van der Waals surface area contributed by atoms with Crippen molar-refractivity contribution in [3.05, 3.63) is 0 Å². The number of rotatable bonds is 2. The minimum Gasteiger partial charge on any atom is -0.444 e. The summed E-state index contributed by atoms with van der Waals surface area (Å²) in [6, 6.07) is 0.134. The monoisotopic (exact) mass is 229 g/mol. The third-order valence-corrected chi connectivity index (χ3v) is 2.62. The second kappa shape index (κ2) is 5.04. The molecule has 1 saturated heterocycles. The van der Waals surface area contributed by atoms with Gasteiger partial charge in [-0.3, -0.25) is 0 Å². The van der Waals surface area contributed by atoms with E-state index in [0.717, 1.165) is 19.4 Å². The lowest BCUT2D eigenvalue weighted by Gasteiger charge is -2.29. The number of carbonyl (C=O) groups is 1. The van der Waals surface area contributed by atoms with Gasteiger partial charge in [-0.05, 0) is 47.0 Å². The average Bonchev–Trinajstić information content (AvgIpc) is 2.47. The van der Waals surface area contributed by atoms with E-state index in [0.29, 0.717) is 6.42 Å². The molecule has 4 heteroatoms. The molecule has 2 atom stereocenters. The largest absolute Gasteiger partial charge is 0.444 e. The minimum absolute atomic E-state index is 0.134. The van der Waals surface area contributed by atoms with Crippen molar-refractivity contribution in [1.82, 2.24) is 4.90 Å². The van der Waals surface area contributed by atoms with E-state index in [4.69, 9.17) is 4.74 Å². The SMILES string of the molecule is C[C@@H](O)CC1CCCN1C(=O)OC(C)(C)C. The van der Waals surface area contributed by atoms with Gasteiger partial charge in [0.25, 0.3) is 0 Å². The summed E-state index contributed by atoms with van der Waals surface area (Å²) in [6.07, 6.45) is 1.98. The van der Waals surface area contributed by atoms with E-state index in [1.165, 1.54) is 0 Å². The van der Waals surface area contributed by atoms with Crippen LogP contribution in [-0.2, 0) is 4.74 Å². The smallest absolute Gasteiger partial charge is 0.410 e. The predicted octanol–water partition coefficient (Wildman–Crippen LogP) is 2.16. The van der Waals surface area contributed by atoms with Crippen molar-refractivity contribution < 1.29 is 14.6 Å². The summed E-state index contributed by atoms with van der Waals surface area (Å²) in [6.45, 7) is 8.10. The zero-order valence-electron chi connectivity index (χ0n) is 10.7. The van der Waals surface area contributed by atoms with Crippen molar-refractivity contribution >= 4 is 6.09 Å². The molecule has 1 aliphatic rings. The van der Waals surface area contributed by atoms with Gasteiger partial charge in [0.15, 0.2) is 0 Å². The molecule has 0 bridgehead atoms. The number of likely N-dealkylation sites (tertiary alicyclic amines) is 1. The Morgan fingerprint density at radius 1 is 1.56 bits per heavy atom. The normalized spacial score (nSPS) is 23.3. The molecule has 0 saturated carbocycles. The maximum atomic E-state index is 11.9. The summed E-state index contributed by atoms with van der Waals surface area (Å²) in [7, 11) is 0. The van der Waals surface area contributed by atoms with Gasteiger partial charge in [-0.25, -0.2) is 4.79 Å². The molecule has 0 aliphatic carbocycles. The highest BCUT2D eigenvalue weighted by molar-refractivity contribution is 5.68. The molecule has 0 spiro atoms. The Balaban J connectivity index is 2.54. The summed E-state index contributed by atoms with van der Waals surface area (Å²) < 4.78 is 5.34. The molecule has 4 nitrogen and oxygen atoms in total. The molecule has 1 unspecified atom stereocenters. The van der Waals surface area contributed by atoms with Crippen molar-refractivity contribution in [3.63, 3.8) is 0 Å². The number of carbonyl (C=O) groups excluding carboxylic acids is 1. The number of aliphatic hydroxyl groups is 1. The quantitative estimate of drug-likeness (QED) is 0.789. The zero-order valence-corrected chi connectivity index (χ0v) is 10.7. The van der Waals surface area contributed by atoms with Gasteiger partial charge in [-0.15, -0.1) is 0 Å². The fourth-order valence-electron chi connectivity index (χ4n) is 2.04. The third-order valence-electron chi connectivity index (χ3n) is 2.62. The van der Waals surface area contributed by atoms with Crippen LogP contribution in [-0.4, -0.2) is 40.4 Å². The van der Waals surface area contributed by atoms with Crippen LogP contribution >= 0.6 is 0 Å². The lowest BCUT2D eigenvalue weighted by molar-refractivity contribution is 0.0187. The molecule has 1 amide bonds. The fourth-order valence-corrected chi connectivity index (χ4v) is 2.04. The number of ether oxygens (including phenoxy) is 1. The maximum Gasteiger partial charge on any atom is 0.410 e. The number of nitrogens with zero attached hydrogens (tertiary/aromatic N) is 1. The van der Waals surface area contributed by atoms with Crippen LogP contribution < -0.4 is 0 Å². The van der Waals surface area contributed by atoms with Crippen LogP contribution in [0.4, 0.5) is 4.79 Å². The van der Waals surface area contributed by atoms with Crippen molar-refractivity contribution in [2.45, 2.75) is 64.7 Å². The molecule has 1 aliphatic heterocycles. The van der Waals surface area contributed by atoms with E-state index in [1.807, 2.05) is 20.8 Å². The summed E-state index contributed by atoms with van der Waals surface area (Å²) in [5, 5.41) is 9.37. The van der Waals surface area contributed by atoms with E-state index in [1.54, 1.807) is 11.8 Å². The van der Waals surface area contributed by atoms with Crippen molar-refractivity contribution in [3.8, 4) is 0 Å². The van der Waals surface area contributed by atoms with Crippen molar-refractivity contribution in [1.29, 1.82) is 0 Å². The van der Waals surface area contributed by atoms with Crippen LogP contribution in [0, 0.1) is 0 Å². The number of amides is 1. The molecule has 1 heterocycles. The molecule has 1 N–H and O–H groups in total. The van der Waals surface area contributed by atoms with E-state index in [2.05, 4.69) is 0 Å². The van der Waals surface area contributed by atoms with Crippen LogP contribution in [0.15, 0.2) is 0 Å². The molecule has 1 rings (SSSR count). The Morgan fingerprint density at radius 3 is 2.69 bits per heavy atom. The van der Waals surface area contributed by atoms with E-state index in [-0.39, 0.29) is 18.2 Å². The van der Waals surface area contributed by atoms with Gasteiger partial charge < -0.3 is 14.7 Å². The highest BCUT2D eigenvalue weighted by Crippen LogP contribution is 2.23. The first kappa shape index (κ1) is 13.3. The average molecular weight is 229 g/mol. The fraction of sp³-hybridized carbons (Fsp3) is 0.917. The maximum absolute atomic E-state index is 11.9. The Morgan fingerprint density at radius 2 is 2.19 bits per heavy atom. The lowest BCUT2D eigenvalue weighted by Crippen LogP contribution is -2.40.